The number of carboxylic acids is 1. The topological polar surface area (TPSA) is 126 Å². The molecule has 0 aliphatic carbocycles. The standard InChI is InChI=1S/C33H29FN2O6S/c1-4-43(40,41)36-27-19-28-26(29(32(38)39)30(42-28)20-13-15-24(34)16-14-20)18-25(27)21-9-8-10-22(17-21)31(37)35-33(2,3)23-11-6-5-7-12-23/h5-19,36H,4H2,1-3H3,(H,35,37)(H,38,39). The van der Waals surface area contributed by atoms with Gasteiger partial charge in [0.15, 0.2) is 0 Å². The van der Waals surface area contributed by atoms with E-state index in [1.165, 1.54) is 43.3 Å². The number of sulfonamides is 1. The summed E-state index contributed by atoms with van der Waals surface area (Å²) in [7, 11) is -3.76. The number of anilines is 1. The Kier molecular flexibility index (Phi) is 7.81. The predicted molar refractivity (Wildman–Crippen MR) is 164 cm³/mol. The molecule has 0 spiro atoms. The number of benzene rings is 4. The maximum atomic E-state index is 13.6. The van der Waals surface area contributed by atoms with Gasteiger partial charge >= 0.3 is 5.97 Å². The highest BCUT2D eigenvalue weighted by Crippen LogP contribution is 2.40. The van der Waals surface area contributed by atoms with Crippen LogP contribution < -0.4 is 10.0 Å². The van der Waals surface area contributed by atoms with Crippen molar-refractivity contribution in [1.29, 1.82) is 0 Å². The van der Waals surface area contributed by atoms with E-state index < -0.39 is 27.3 Å². The van der Waals surface area contributed by atoms with Gasteiger partial charge in [-0.15, -0.1) is 0 Å². The number of nitrogens with one attached hydrogen (secondary N) is 2. The van der Waals surface area contributed by atoms with Crippen LogP contribution in [0, 0.1) is 5.82 Å². The first-order chi connectivity index (χ1) is 20.4. The minimum absolute atomic E-state index is 0.000204. The van der Waals surface area contributed by atoms with Crippen molar-refractivity contribution in [3.63, 3.8) is 0 Å². The molecule has 0 aliphatic rings. The summed E-state index contributed by atoms with van der Waals surface area (Å²) < 4.78 is 47.4. The number of carbonyl (C=O) groups is 2. The van der Waals surface area contributed by atoms with Gasteiger partial charge in [-0.05, 0) is 74.4 Å². The first-order valence-electron chi connectivity index (χ1n) is 13.5. The molecule has 1 aromatic heterocycles. The van der Waals surface area contributed by atoms with Gasteiger partial charge < -0.3 is 14.8 Å². The Morgan fingerprint density at radius 3 is 2.26 bits per heavy atom. The molecule has 10 heteroatoms. The van der Waals surface area contributed by atoms with Crippen molar-refractivity contribution >= 4 is 38.6 Å². The Labute approximate surface area is 248 Å². The highest BCUT2D eigenvalue weighted by atomic mass is 32.2. The van der Waals surface area contributed by atoms with Gasteiger partial charge in [-0.1, -0.05) is 42.5 Å². The third-order valence-corrected chi connectivity index (χ3v) is 8.44. The first kappa shape index (κ1) is 29.5. The second kappa shape index (κ2) is 11.4. The molecule has 0 aliphatic heterocycles. The number of hydrogen-bond acceptors (Lipinski definition) is 5. The third-order valence-electron chi connectivity index (χ3n) is 7.15. The van der Waals surface area contributed by atoms with Crippen LogP contribution in [0.4, 0.5) is 10.1 Å². The molecule has 3 N–H and O–H groups in total. The van der Waals surface area contributed by atoms with Gasteiger partial charge in [0.2, 0.25) is 10.0 Å². The number of furan rings is 1. The number of carbonyl (C=O) groups excluding carboxylic acids is 1. The smallest absolute Gasteiger partial charge is 0.340 e. The maximum absolute atomic E-state index is 13.6. The fraction of sp³-hybridized carbons (Fsp3) is 0.152. The molecule has 0 unspecified atom stereocenters. The van der Waals surface area contributed by atoms with E-state index in [2.05, 4.69) is 10.0 Å². The molecule has 0 radical (unpaired) electrons. The lowest BCUT2D eigenvalue weighted by molar-refractivity contribution is 0.0698. The lowest BCUT2D eigenvalue weighted by Gasteiger charge is -2.27. The maximum Gasteiger partial charge on any atom is 0.340 e. The van der Waals surface area contributed by atoms with Gasteiger partial charge in [-0.3, -0.25) is 9.52 Å². The highest BCUT2D eigenvalue weighted by Gasteiger charge is 2.26. The van der Waals surface area contributed by atoms with Crippen molar-refractivity contribution < 1.29 is 31.9 Å². The van der Waals surface area contributed by atoms with E-state index in [0.29, 0.717) is 22.3 Å². The predicted octanol–water partition coefficient (Wildman–Crippen LogP) is 7.03. The number of rotatable bonds is 9. The van der Waals surface area contributed by atoms with Crippen LogP contribution in [0.5, 0.6) is 0 Å². The lowest BCUT2D eigenvalue weighted by Crippen LogP contribution is -2.40. The van der Waals surface area contributed by atoms with Crippen LogP contribution in [0.1, 0.15) is 47.1 Å². The summed E-state index contributed by atoms with van der Waals surface area (Å²) >= 11 is 0. The summed E-state index contributed by atoms with van der Waals surface area (Å²) in [5.74, 6) is -2.32. The molecule has 1 amide bonds. The molecule has 0 fully saturated rings. The molecule has 0 atom stereocenters. The zero-order chi connectivity index (χ0) is 30.9. The first-order valence-corrected chi connectivity index (χ1v) is 15.1. The van der Waals surface area contributed by atoms with Crippen LogP contribution >= 0.6 is 0 Å². The molecule has 220 valence electrons. The average Bonchev–Trinajstić information content (AvgIpc) is 3.36. The zero-order valence-electron chi connectivity index (χ0n) is 23.6. The minimum atomic E-state index is -3.76. The summed E-state index contributed by atoms with van der Waals surface area (Å²) in [6, 6.07) is 24.3. The Morgan fingerprint density at radius 1 is 0.907 bits per heavy atom. The van der Waals surface area contributed by atoms with Crippen LogP contribution in [0.3, 0.4) is 0 Å². The zero-order valence-corrected chi connectivity index (χ0v) is 24.5. The van der Waals surface area contributed by atoms with Gasteiger partial charge in [0.05, 0.1) is 17.0 Å². The third kappa shape index (κ3) is 6.14. The van der Waals surface area contributed by atoms with Crippen molar-refractivity contribution in [3.8, 4) is 22.5 Å². The Hall–Kier alpha value is -4.96. The number of aromatic carboxylic acids is 1. The van der Waals surface area contributed by atoms with Crippen molar-refractivity contribution in [2.24, 2.45) is 0 Å². The summed E-state index contributed by atoms with van der Waals surface area (Å²) in [6.07, 6.45) is 0. The van der Waals surface area contributed by atoms with Gasteiger partial charge in [0.25, 0.3) is 5.91 Å². The van der Waals surface area contributed by atoms with E-state index in [0.717, 1.165) is 5.56 Å². The molecule has 0 bridgehead atoms. The van der Waals surface area contributed by atoms with Crippen molar-refractivity contribution in [3.05, 3.63) is 114 Å². The molecule has 4 aromatic carbocycles. The van der Waals surface area contributed by atoms with Crippen LogP contribution in [-0.2, 0) is 15.6 Å². The monoisotopic (exact) mass is 600 g/mol. The lowest BCUT2D eigenvalue weighted by atomic mass is 9.93. The van der Waals surface area contributed by atoms with E-state index in [4.69, 9.17) is 4.42 Å². The fourth-order valence-electron chi connectivity index (χ4n) is 4.83. The minimum Gasteiger partial charge on any atom is -0.478 e. The quantitative estimate of drug-likeness (QED) is 0.167. The molecule has 0 saturated heterocycles. The summed E-state index contributed by atoms with van der Waals surface area (Å²) in [5, 5.41) is 13.4. The Bertz CT molecular complexity index is 1950. The number of amides is 1. The van der Waals surface area contributed by atoms with E-state index in [1.54, 1.807) is 24.3 Å². The number of hydrogen-bond donors (Lipinski definition) is 3. The summed E-state index contributed by atoms with van der Waals surface area (Å²) in [6.45, 7) is 5.27. The molecule has 1 heterocycles. The van der Waals surface area contributed by atoms with E-state index in [9.17, 15) is 27.5 Å². The number of fused-ring (bicyclic) bond motifs is 1. The van der Waals surface area contributed by atoms with E-state index in [-0.39, 0.29) is 39.6 Å². The molecule has 43 heavy (non-hydrogen) atoms. The van der Waals surface area contributed by atoms with Gasteiger partial charge in [0, 0.05) is 28.1 Å². The molecule has 0 saturated carbocycles. The molecule has 5 aromatic rings. The fourth-order valence-corrected chi connectivity index (χ4v) is 5.48. The Morgan fingerprint density at radius 2 is 1.60 bits per heavy atom. The van der Waals surface area contributed by atoms with Crippen molar-refractivity contribution in [1.82, 2.24) is 5.32 Å². The summed E-state index contributed by atoms with van der Waals surface area (Å²) in [5.41, 5.74) is 1.82. The van der Waals surface area contributed by atoms with E-state index >= 15 is 0 Å². The second-order valence-electron chi connectivity index (χ2n) is 10.5. The van der Waals surface area contributed by atoms with Crippen LogP contribution in [0.2, 0.25) is 0 Å². The Balaban J connectivity index is 1.64. The molecule has 8 nitrogen and oxygen atoms in total. The SMILES string of the molecule is CCS(=O)(=O)Nc1cc2oc(-c3ccc(F)cc3)c(C(=O)O)c2cc1-c1cccc(C(=O)NC(C)(C)c2ccccc2)c1. The van der Waals surface area contributed by atoms with Crippen molar-refractivity contribution in [2.75, 3.05) is 10.5 Å². The van der Waals surface area contributed by atoms with E-state index in [1.807, 2.05) is 44.2 Å². The number of halogens is 1. The molecular formula is C33H29FN2O6S. The number of carboxylic acid groups (broad SMARTS) is 1. The van der Waals surface area contributed by atoms with Crippen LogP contribution in [0.15, 0.2) is 95.4 Å². The normalized spacial score (nSPS) is 11.8. The van der Waals surface area contributed by atoms with Gasteiger partial charge in [0.1, 0.15) is 22.7 Å². The largest absolute Gasteiger partial charge is 0.478 e. The molecular weight excluding hydrogens is 571 g/mol. The highest BCUT2D eigenvalue weighted by molar-refractivity contribution is 7.92. The molecule has 5 rings (SSSR count). The van der Waals surface area contributed by atoms with Crippen LogP contribution in [-0.4, -0.2) is 31.2 Å². The van der Waals surface area contributed by atoms with Gasteiger partial charge in [-0.25, -0.2) is 17.6 Å². The summed E-state index contributed by atoms with van der Waals surface area (Å²) in [4.78, 5) is 25.8. The van der Waals surface area contributed by atoms with Gasteiger partial charge in [-0.2, -0.15) is 0 Å². The second-order valence-corrected chi connectivity index (χ2v) is 12.6. The average molecular weight is 601 g/mol. The van der Waals surface area contributed by atoms with Crippen LogP contribution in [0.25, 0.3) is 33.4 Å². The van der Waals surface area contributed by atoms with Crippen molar-refractivity contribution in [2.45, 2.75) is 26.3 Å².